The molecule has 0 aliphatic rings. The lowest BCUT2D eigenvalue weighted by molar-refractivity contribution is -0.873. The van der Waals surface area contributed by atoms with Crippen LogP contribution in [-0.4, -0.2) is 60.4 Å². The molecule has 0 rings (SSSR count). The van der Waals surface area contributed by atoms with Crippen LogP contribution in [-0.2, 0) is 9.59 Å². The van der Waals surface area contributed by atoms with E-state index in [1.54, 1.807) is 6.92 Å². The standard InChI is InChI=1S/C7H15NO3.C3H6O2/c1-8(2,3)5-6(9)4-7(10)11;1-2-3(4)5/h6,9H,4-5H2,1-3H3;2H2,1H3,(H,4,5)/t6-;/m1./s1. The number of hydrogen-bond donors (Lipinski definition) is 2. The molecule has 0 saturated heterocycles. The van der Waals surface area contributed by atoms with E-state index < -0.39 is 18.0 Å². The molecule has 0 heterocycles. The van der Waals surface area contributed by atoms with Gasteiger partial charge >= 0.3 is 5.97 Å². The third-order valence-corrected chi connectivity index (χ3v) is 1.46. The van der Waals surface area contributed by atoms with E-state index in [0.717, 1.165) is 0 Å². The van der Waals surface area contributed by atoms with Crippen LogP contribution in [0.4, 0.5) is 0 Å². The van der Waals surface area contributed by atoms with Crippen molar-refractivity contribution in [1.29, 1.82) is 0 Å². The summed E-state index contributed by atoms with van der Waals surface area (Å²) in [6, 6.07) is 0. The lowest BCUT2D eigenvalue weighted by atomic mass is 10.2. The van der Waals surface area contributed by atoms with Crippen molar-refractivity contribution in [2.24, 2.45) is 0 Å². The van der Waals surface area contributed by atoms with E-state index in [-0.39, 0.29) is 12.8 Å². The van der Waals surface area contributed by atoms with E-state index in [0.29, 0.717) is 11.0 Å². The van der Waals surface area contributed by atoms with Crippen LogP contribution in [0, 0.1) is 0 Å². The highest BCUT2D eigenvalue weighted by Crippen LogP contribution is 1.97. The van der Waals surface area contributed by atoms with Gasteiger partial charge in [0.25, 0.3) is 0 Å². The first-order valence-corrected chi connectivity index (χ1v) is 4.98. The Balaban J connectivity index is 0. The molecule has 0 radical (unpaired) electrons. The van der Waals surface area contributed by atoms with E-state index in [2.05, 4.69) is 0 Å². The van der Waals surface area contributed by atoms with Crippen LogP contribution >= 0.6 is 0 Å². The minimum absolute atomic E-state index is 0.222. The fourth-order valence-electron chi connectivity index (χ4n) is 0.889. The molecule has 0 aliphatic heterocycles. The number of carbonyl (C=O) groups is 2. The van der Waals surface area contributed by atoms with Gasteiger partial charge in [0.1, 0.15) is 12.6 Å². The summed E-state index contributed by atoms with van der Waals surface area (Å²) in [7, 11) is 5.66. The van der Waals surface area contributed by atoms with Gasteiger partial charge in [0.15, 0.2) is 0 Å². The van der Waals surface area contributed by atoms with E-state index in [1.807, 2.05) is 21.1 Å². The number of aliphatic hydroxyl groups excluding tert-OH is 1. The summed E-state index contributed by atoms with van der Waals surface area (Å²) in [5, 5.41) is 26.9. The van der Waals surface area contributed by atoms with Crippen LogP contribution in [0.1, 0.15) is 19.8 Å². The minimum Gasteiger partial charge on any atom is -0.550 e. The molecule has 0 unspecified atom stereocenters. The van der Waals surface area contributed by atoms with Crippen LogP contribution in [0.5, 0.6) is 0 Å². The van der Waals surface area contributed by atoms with Gasteiger partial charge in [-0.1, -0.05) is 6.92 Å². The van der Waals surface area contributed by atoms with Crippen LogP contribution < -0.4 is 5.11 Å². The molecule has 0 aromatic rings. The first-order valence-electron chi connectivity index (χ1n) is 4.98. The first-order chi connectivity index (χ1) is 7.08. The Hall–Kier alpha value is -1.14. The Labute approximate surface area is 95.7 Å². The van der Waals surface area contributed by atoms with E-state index in [1.165, 1.54) is 0 Å². The summed E-state index contributed by atoms with van der Waals surface area (Å²) in [6.07, 6.45) is -0.866. The predicted molar refractivity (Wildman–Crippen MR) is 56.5 cm³/mol. The molecule has 1 atom stereocenters. The van der Waals surface area contributed by atoms with Crippen molar-refractivity contribution in [1.82, 2.24) is 0 Å². The fraction of sp³-hybridized carbons (Fsp3) is 0.800. The molecule has 0 amide bonds. The number of likely N-dealkylation sites (N-methyl/N-ethyl adjacent to an activating group) is 1. The smallest absolute Gasteiger partial charge is 0.303 e. The molecule has 6 nitrogen and oxygen atoms in total. The second-order valence-corrected chi connectivity index (χ2v) is 4.45. The van der Waals surface area contributed by atoms with Crippen molar-refractivity contribution in [2.45, 2.75) is 25.9 Å². The van der Waals surface area contributed by atoms with Crippen LogP contribution in [0.3, 0.4) is 0 Å². The van der Waals surface area contributed by atoms with Crippen molar-refractivity contribution in [3.63, 3.8) is 0 Å². The third-order valence-electron chi connectivity index (χ3n) is 1.46. The Kier molecular flexibility index (Phi) is 8.70. The second kappa shape index (κ2) is 8.06. The zero-order valence-corrected chi connectivity index (χ0v) is 10.3. The maximum absolute atomic E-state index is 10.0. The van der Waals surface area contributed by atoms with Gasteiger partial charge in [-0.2, -0.15) is 0 Å². The lowest BCUT2D eigenvalue weighted by Crippen LogP contribution is -2.43. The molecule has 0 spiro atoms. The minimum atomic E-state index is -1.20. The molecule has 0 aromatic heterocycles. The Morgan fingerprint density at radius 2 is 1.69 bits per heavy atom. The van der Waals surface area contributed by atoms with E-state index >= 15 is 0 Å². The Bertz CT molecular complexity index is 222. The summed E-state index contributed by atoms with van der Waals surface area (Å²) in [5.41, 5.74) is 0. The molecule has 16 heavy (non-hydrogen) atoms. The van der Waals surface area contributed by atoms with Gasteiger partial charge in [-0.15, -0.1) is 0 Å². The summed E-state index contributed by atoms with van der Waals surface area (Å²) in [6.45, 7) is 2.02. The number of aliphatic carboxylic acids is 2. The average Bonchev–Trinajstić information content (AvgIpc) is 1.99. The molecule has 0 bridgehead atoms. The number of nitrogens with zero attached hydrogens (tertiary/aromatic N) is 1. The molecular weight excluding hydrogens is 214 g/mol. The maximum atomic E-state index is 10.0. The third kappa shape index (κ3) is 18.6. The summed E-state index contributed by atoms with van der Waals surface area (Å²) >= 11 is 0. The first kappa shape index (κ1) is 17.3. The zero-order valence-electron chi connectivity index (χ0n) is 10.3. The lowest BCUT2D eigenvalue weighted by Gasteiger charge is -2.26. The van der Waals surface area contributed by atoms with Gasteiger partial charge in [0.05, 0.1) is 21.1 Å². The second-order valence-electron chi connectivity index (χ2n) is 4.45. The fourth-order valence-corrected chi connectivity index (χ4v) is 0.889. The summed E-state index contributed by atoms with van der Waals surface area (Å²) < 4.78 is 0.550. The van der Waals surface area contributed by atoms with Gasteiger partial charge in [0.2, 0.25) is 0 Å². The maximum Gasteiger partial charge on any atom is 0.303 e. The molecule has 0 aliphatic carbocycles. The number of quaternary nitrogens is 1. The average molecular weight is 235 g/mol. The molecule has 2 N–H and O–H groups in total. The molecule has 96 valence electrons. The Morgan fingerprint density at radius 1 is 1.31 bits per heavy atom. The molecule has 0 aromatic carbocycles. The quantitative estimate of drug-likeness (QED) is 0.576. The highest BCUT2D eigenvalue weighted by atomic mass is 16.4. The van der Waals surface area contributed by atoms with Gasteiger partial charge in [-0.25, -0.2) is 0 Å². The summed E-state index contributed by atoms with van der Waals surface area (Å²) in [4.78, 5) is 19.4. The molecule has 0 fully saturated rings. The van der Waals surface area contributed by atoms with Crippen molar-refractivity contribution in [3.05, 3.63) is 0 Å². The number of aliphatic hydroxyl groups is 1. The van der Waals surface area contributed by atoms with E-state index in [9.17, 15) is 14.7 Å². The number of hydrogen-bond acceptors (Lipinski definition) is 4. The van der Waals surface area contributed by atoms with Gasteiger partial charge in [-0.05, 0) is 0 Å². The van der Waals surface area contributed by atoms with E-state index in [4.69, 9.17) is 10.2 Å². The zero-order chi connectivity index (χ0) is 13.4. The topological polar surface area (TPSA) is 97.7 Å². The van der Waals surface area contributed by atoms with Gasteiger partial charge < -0.3 is 24.6 Å². The van der Waals surface area contributed by atoms with Crippen LogP contribution in [0.15, 0.2) is 0 Å². The normalized spacial score (nSPS) is 12.3. The number of carboxylic acids is 2. The number of carbonyl (C=O) groups excluding carboxylic acids is 1. The predicted octanol–water partition coefficient (Wildman–Crippen LogP) is -1.33. The monoisotopic (exact) mass is 235 g/mol. The van der Waals surface area contributed by atoms with Crippen LogP contribution in [0.2, 0.25) is 0 Å². The molecular formula is C10H21NO5. The van der Waals surface area contributed by atoms with Crippen molar-refractivity contribution >= 4 is 11.9 Å². The van der Waals surface area contributed by atoms with Crippen molar-refractivity contribution in [3.8, 4) is 0 Å². The largest absolute Gasteiger partial charge is 0.550 e. The molecule has 0 saturated carbocycles. The van der Waals surface area contributed by atoms with Crippen LogP contribution in [0.25, 0.3) is 0 Å². The Morgan fingerprint density at radius 3 is 1.88 bits per heavy atom. The van der Waals surface area contributed by atoms with Gasteiger partial charge in [0, 0.05) is 18.8 Å². The highest BCUT2D eigenvalue weighted by Gasteiger charge is 2.14. The van der Waals surface area contributed by atoms with Crippen molar-refractivity contribution in [2.75, 3.05) is 27.7 Å². The SMILES string of the molecule is CCC(=O)O.C[N+](C)(C)C[C@H](O)CC(=O)[O-]. The molecule has 6 heteroatoms. The van der Waals surface area contributed by atoms with Crippen molar-refractivity contribution < 1.29 is 29.4 Å². The number of carboxylic acid groups (broad SMARTS) is 2. The van der Waals surface area contributed by atoms with Gasteiger partial charge in [-0.3, -0.25) is 4.79 Å². The highest BCUT2D eigenvalue weighted by molar-refractivity contribution is 5.66. The summed E-state index contributed by atoms with van der Waals surface area (Å²) in [5.74, 6) is -1.95. The number of rotatable bonds is 5.